The summed E-state index contributed by atoms with van der Waals surface area (Å²) in [5, 5.41) is 8.62. The van der Waals surface area contributed by atoms with Gasteiger partial charge in [-0.3, -0.25) is 0 Å². The second kappa shape index (κ2) is 12.9. The fourth-order valence-corrected chi connectivity index (χ4v) is 1.92. The van der Waals surface area contributed by atoms with Crippen molar-refractivity contribution in [2.45, 2.75) is 20.0 Å². The van der Waals surface area contributed by atoms with E-state index in [2.05, 4.69) is 11.3 Å². The highest BCUT2D eigenvalue weighted by atomic mass is 16.6. The van der Waals surface area contributed by atoms with Crippen LogP contribution >= 0.6 is 0 Å². The van der Waals surface area contributed by atoms with Crippen LogP contribution in [0.15, 0.2) is 71.9 Å². The first-order valence-corrected chi connectivity index (χ1v) is 8.91. The summed E-state index contributed by atoms with van der Waals surface area (Å²) in [6.07, 6.45) is 6.49. The number of allylic oxidation sites excluding steroid dienone is 4. The van der Waals surface area contributed by atoms with E-state index >= 15 is 0 Å². The molecule has 6 heteroatoms. The van der Waals surface area contributed by atoms with Gasteiger partial charge in [0.25, 0.3) is 0 Å². The van der Waals surface area contributed by atoms with Crippen LogP contribution < -0.4 is 0 Å². The SMILES string of the molecule is C=C(C)C(=O)OCC1CO1.COC(=O)C=C(C)C(C=CC#N)=Cc1ccccc1. The molecule has 0 amide bonds. The van der Waals surface area contributed by atoms with Crippen LogP contribution in [0.25, 0.3) is 6.08 Å². The molecule has 29 heavy (non-hydrogen) atoms. The molecule has 1 aromatic rings. The van der Waals surface area contributed by atoms with Gasteiger partial charge in [-0.2, -0.15) is 5.26 Å². The van der Waals surface area contributed by atoms with Crippen LogP contribution in [0.1, 0.15) is 19.4 Å². The number of benzene rings is 1. The fraction of sp³-hybridized carbons (Fsp3) is 0.261. The first-order chi connectivity index (χ1) is 13.9. The average molecular weight is 395 g/mol. The van der Waals surface area contributed by atoms with Crippen LogP contribution in [-0.4, -0.2) is 38.4 Å². The van der Waals surface area contributed by atoms with Gasteiger partial charge in [0, 0.05) is 17.7 Å². The van der Waals surface area contributed by atoms with Crippen LogP contribution in [0.2, 0.25) is 0 Å². The number of methoxy groups -OCH3 is 1. The molecule has 0 radical (unpaired) electrons. The van der Waals surface area contributed by atoms with Crippen molar-refractivity contribution in [1.82, 2.24) is 0 Å². The number of rotatable bonds is 7. The van der Waals surface area contributed by atoms with Crippen molar-refractivity contribution in [2.24, 2.45) is 0 Å². The molecule has 1 aliphatic rings. The molecule has 0 bridgehead atoms. The number of hydrogen-bond donors (Lipinski definition) is 0. The molecular formula is C23H25NO5. The van der Waals surface area contributed by atoms with Gasteiger partial charge in [0.15, 0.2) is 0 Å². The number of epoxide rings is 1. The van der Waals surface area contributed by atoms with Crippen molar-refractivity contribution >= 4 is 18.0 Å². The largest absolute Gasteiger partial charge is 0.466 e. The van der Waals surface area contributed by atoms with Crippen LogP contribution in [0, 0.1) is 11.3 Å². The zero-order chi connectivity index (χ0) is 21.6. The van der Waals surface area contributed by atoms with E-state index in [1.807, 2.05) is 42.5 Å². The summed E-state index contributed by atoms with van der Waals surface area (Å²) in [6.45, 7) is 7.94. The predicted octanol–water partition coefficient (Wildman–Crippen LogP) is 3.77. The minimum atomic E-state index is -0.415. The van der Waals surface area contributed by atoms with Gasteiger partial charge in [-0.1, -0.05) is 36.9 Å². The molecule has 1 unspecified atom stereocenters. The summed E-state index contributed by atoms with van der Waals surface area (Å²) in [6, 6.07) is 11.6. The lowest BCUT2D eigenvalue weighted by atomic mass is 10.0. The first kappa shape index (κ1) is 23.6. The van der Waals surface area contributed by atoms with Crippen molar-refractivity contribution in [3.8, 4) is 6.07 Å². The minimum Gasteiger partial charge on any atom is -0.466 e. The number of nitriles is 1. The molecule has 0 aromatic heterocycles. The van der Waals surface area contributed by atoms with Crippen molar-refractivity contribution < 1.29 is 23.8 Å². The van der Waals surface area contributed by atoms with Gasteiger partial charge in [-0.15, -0.1) is 0 Å². The Kier molecular flexibility index (Phi) is 10.5. The first-order valence-electron chi connectivity index (χ1n) is 8.91. The number of nitrogens with zero attached hydrogens (tertiary/aromatic N) is 1. The van der Waals surface area contributed by atoms with Crippen molar-refractivity contribution in [3.05, 3.63) is 77.4 Å². The average Bonchev–Trinajstić information content (AvgIpc) is 3.54. The molecule has 1 heterocycles. The molecule has 1 saturated heterocycles. The molecular weight excluding hydrogens is 370 g/mol. The molecule has 1 aromatic carbocycles. The van der Waals surface area contributed by atoms with Crippen molar-refractivity contribution in [1.29, 1.82) is 5.26 Å². The molecule has 0 aliphatic carbocycles. The van der Waals surface area contributed by atoms with Crippen LogP contribution in [0.4, 0.5) is 0 Å². The zero-order valence-corrected chi connectivity index (χ0v) is 16.9. The molecule has 0 saturated carbocycles. The topological polar surface area (TPSA) is 88.9 Å². The Morgan fingerprint density at radius 3 is 2.48 bits per heavy atom. The van der Waals surface area contributed by atoms with Gasteiger partial charge < -0.3 is 14.2 Å². The lowest BCUT2D eigenvalue weighted by Crippen LogP contribution is -2.09. The van der Waals surface area contributed by atoms with Gasteiger partial charge in [0.05, 0.1) is 19.8 Å². The van der Waals surface area contributed by atoms with Gasteiger partial charge in [-0.25, -0.2) is 9.59 Å². The molecule has 0 N–H and O–H groups in total. The summed E-state index contributed by atoms with van der Waals surface area (Å²) in [5.74, 6) is -0.752. The van der Waals surface area contributed by atoms with E-state index in [-0.39, 0.29) is 12.1 Å². The second-order valence-corrected chi connectivity index (χ2v) is 6.16. The quantitative estimate of drug-likeness (QED) is 0.230. The molecule has 1 fully saturated rings. The number of ether oxygens (including phenoxy) is 3. The van der Waals surface area contributed by atoms with Gasteiger partial charge in [0.1, 0.15) is 12.7 Å². The molecule has 6 nitrogen and oxygen atoms in total. The highest BCUT2D eigenvalue weighted by molar-refractivity contribution is 5.87. The molecule has 1 aliphatic heterocycles. The summed E-state index contributed by atoms with van der Waals surface area (Å²) < 4.78 is 14.2. The zero-order valence-electron chi connectivity index (χ0n) is 16.9. The number of carbonyl (C=O) groups excluding carboxylic acids is 2. The Morgan fingerprint density at radius 2 is 1.97 bits per heavy atom. The minimum absolute atomic E-state index is 0.142. The maximum atomic E-state index is 11.2. The van der Waals surface area contributed by atoms with E-state index in [0.29, 0.717) is 18.8 Å². The monoisotopic (exact) mass is 395 g/mol. The van der Waals surface area contributed by atoms with Gasteiger partial charge >= 0.3 is 11.9 Å². The Bertz CT molecular complexity index is 840. The highest BCUT2D eigenvalue weighted by Gasteiger charge is 2.24. The second-order valence-electron chi connectivity index (χ2n) is 6.16. The Morgan fingerprint density at radius 1 is 1.31 bits per heavy atom. The van der Waals surface area contributed by atoms with Crippen LogP contribution in [0.3, 0.4) is 0 Å². The van der Waals surface area contributed by atoms with Crippen molar-refractivity contribution in [3.63, 3.8) is 0 Å². The summed E-state index contributed by atoms with van der Waals surface area (Å²) >= 11 is 0. The fourth-order valence-electron chi connectivity index (χ4n) is 1.92. The lowest BCUT2D eigenvalue weighted by molar-refractivity contribution is -0.139. The smallest absolute Gasteiger partial charge is 0.333 e. The lowest BCUT2D eigenvalue weighted by Gasteiger charge is -2.03. The third kappa shape index (κ3) is 10.5. The van der Waals surface area contributed by atoms with Crippen molar-refractivity contribution in [2.75, 3.05) is 20.3 Å². The summed E-state index contributed by atoms with van der Waals surface area (Å²) in [4.78, 5) is 21.9. The van der Waals surface area contributed by atoms with E-state index in [9.17, 15) is 9.59 Å². The molecule has 152 valence electrons. The Hall–Kier alpha value is -3.43. The van der Waals surface area contributed by atoms with Crippen LogP contribution in [0.5, 0.6) is 0 Å². The molecule has 2 rings (SSSR count). The maximum Gasteiger partial charge on any atom is 0.333 e. The van der Waals surface area contributed by atoms with E-state index < -0.39 is 5.97 Å². The third-order valence-electron chi connectivity index (χ3n) is 3.60. The third-order valence-corrected chi connectivity index (χ3v) is 3.60. The van der Waals surface area contributed by atoms with E-state index in [0.717, 1.165) is 16.7 Å². The van der Waals surface area contributed by atoms with E-state index in [1.165, 1.54) is 19.3 Å². The van der Waals surface area contributed by atoms with E-state index in [1.54, 1.807) is 19.9 Å². The molecule has 1 atom stereocenters. The Balaban J connectivity index is 0.000000352. The standard InChI is InChI=1S/C16H15NO2.C7H10O3/c1-13(11-16(18)19-2)15(9-6-10-17)12-14-7-4-3-5-8-14;1-5(2)7(8)10-4-6-3-9-6/h3-9,11-12H,1-2H3;6H,1,3-4H2,2H3. The number of carbonyl (C=O) groups is 2. The highest BCUT2D eigenvalue weighted by Crippen LogP contribution is 2.16. The number of esters is 2. The number of hydrogen-bond acceptors (Lipinski definition) is 6. The van der Waals surface area contributed by atoms with Gasteiger partial charge in [-0.05, 0) is 42.7 Å². The predicted molar refractivity (Wildman–Crippen MR) is 110 cm³/mol. The molecule has 0 spiro atoms. The maximum absolute atomic E-state index is 11.2. The van der Waals surface area contributed by atoms with Crippen LogP contribution in [-0.2, 0) is 23.8 Å². The summed E-state index contributed by atoms with van der Waals surface area (Å²) in [7, 11) is 1.33. The normalized spacial score (nSPS) is 15.6. The van der Waals surface area contributed by atoms with E-state index in [4.69, 9.17) is 14.7 Å². The van der Waals surface area contributed by atoms with Gasteiger partial charge in [0.2, 0.25) is 0 Å². The summed E-state index contributed by atoms with van der Waals surface area (Å²) in [5.41, 5.74) is 2.96. The Labute approximate surface area is 171 Å².